The van der Waals surface area contributed by atoms with Crippen LogP contribution in [0, 0.1) is 0 Å². The SMILES string of the molecule is O=C(O)c1ncccc1N1CC(S(=O)(=O)F)CC1=O. The molecule has 1 aromatic heterocycles. The third kappa shape index (κ3) is 2.55. The van der Waals surface area contributed by atoms with Crippen LogP contribution in [0.3, 0.4) is 0 Å². The van der Waals surface area contributed by atoms with Crippen molar-refractivity contribution in [2.45, 2.75) is 11.7 Å². The van der Waals surface area contributed by atoms with E-state index in [0.29, 0.717) is 0 Å². The summed E-state index contributed by atoms with van der Waals surface area (Å²) in [6, 6.07) is 2.73. The van der Waals surface area contributed by atoms with Crippen molar-refractivity contribution in [2.75, 3.05) is 11.4 Å². The first kappa shape index (κ1) is 13.4. The topological polar surface area (TPSA) is 105 Å². The number of carbonyl (C=O) groups is 2. The van der Waals surface area contributed by atoms with Crippen LogP contribution in [0.25, 0.3) is 0 Å². The van der Waals surface area contributed by atoms with E-state index in [1.807, 2.05) is 0 Å². The fourth-order valence-electron chi connectivity index (χ4n) is 1.88. The molecule has 0 radical (unpaired) electrons. The number of hydrogen-bond acceptors (Lipinski definition) is 5. The van der Waals surface area contributed by atoms with Gasteiger partial charge >= 0.3 is 16.2 Å². The van der Waals surface area contributed by atoms with Gasteiger partial charge in [-0.25, -0.2) is 9.78 Å². The van der Waals surface area contributed by atoms with E-state index in [1.165, 1.54) is 18.3 Å². The van der Waals surface area contributed by atoms with E-state index in [2.05, 4.69) is 4.98 Å². The molecule has 9 heteroatoms. The third-order valence-corrected chi connectivity index (χ3v) is 3.88. The Bertz CT molecular complexity index is 645. The van der Waals surface area contributed by atoms with Crippen LogP contribution in [0.15, 0.2) is 18.3 Å². The van der Waals surface area contributed by atoms with Gasteiger partial charge in [0.05, 0.1) is 5.69 Å². The number of pyridine rings is 1. The van der Waals surface area contributed by atoms with Gasteiger partial charge in [0.25, 0.3) is 0 Å². The van der Waals surface area contributed by atoms with Crippen LogP contribution >= 0.6 is 0 Å². The van der Waals surface area contributed by atoms with E-state index in [1.54, 1.807) is 0 Å². The van der Waals surface area contributed by atoms with Crippen LogP contribution in [0.4, 0.5) is 9.57 Å². The first-order valence-electron chi connectivity index (χ1n) is 5.23. The number of halogens is 1. The summed E-state index contributed by atoms with van der Waals surface area (Å²) in [5.41, 5.74) is -0.418. The molecule has 7 nitrogen and oxygen atoms in total. The third-order valence-electron chi connectivity index (χ3n) is 2.77. The molecule has 1 fully saturated rings. The van der Waals surface area contributed by atoms with Crippen LogP contribution in [0.1, 0.15) is 16.9 Å². The Labute approximate surface area is 107 Å². The van der Waals surface area contributed by atoms with Gasteiger partial charge in [-0.2, -0.15) is 8.42 Å². The van der Waals surface area contributed by atoms with Crippen molar-refractivity contribution in [2.24, 2.45) is 0 Å². The van der Waals surface area contributed by atoms with Gasteiger partial charge in [-0.15, -0.1) is 3.89 Å². The zero-order valence-corrected chi connectivity index (χ0v) is 10.3. The van der Waals surface area contributed by atoms with Crippen LogP contribution in [-0.4, -0.2) is 42.2 Å². The van der Waals surface area contributed by atoms with Gasteiger partial charge < -0.3 is 10.0 Å². The molecule has 0 saturated carbocycles. The maximum Gasteiger partial charge on any atom is 0.356 e. The molecule has 1 aliphatic heterocycles. The fraction of sp³-hybridized carbons (Fsp3) is 0.300. The number of aromatic nitrogens is 1. The maximum atomic E-state index is 12.9. The van der Waals surface area contributed by atoms with Gasteiger partial charge in [0, 0.05) is 19.2 Å². The van der Waals surface area contributed by atoms with E-state index in [9.17, 15) is 21.9 Å². The summed E-state index contributed by atoms with van der Waals surface area (Å²) in [4.78, 5) is 27.2. The van der Waals surface area contributed by atoms with Crippen molar-refractivity contribution in [3.63, 3.8) is 0 Å². The summed E-state index contributed by atoms with van der Waals surface area (Å²) in [7, 11) is -4.84. The molecule has 0 aromatic carbocycles. The van der Waals surface area contributed by atoms with Crippen LogP contribution in [0.5, 0.6) is 0 Å². The first-order valence-corrected chi connectivity index (χ1v) is 6.67. The second-order valence-electron chi connectivity index (χ2n) is 3.98. The monoisotopic (exact) mass is 288 g/mol. The van der Waals surface area contributed by atoms with E-state index in [4.69, 9.17) is 5.11 Å². The van der Waals surface area contributed by atoms with E-state index < -0.39 is 40.3 Å². The second-order valence-corrected chi connectivity index (χ2v) is 5.60. The molecule has 19 heavy (non-hydrogen) atoms. The lowest BCUT2D eigenvalue weighted by atomic mass is 10.2. The van der Waals surface area contributed by atoms with Crippen LogP contribution in [-0.2, 0) is 15.0 Å². The molecule has 2 heterocycles. The van der Waals surface area contributed by atoms with Crippen LogP contribution in [0.2, 0.25) is 0 Å². The van der Waals surface area contributed by atoms with Crippen molar-refractivity contribution in [3.8, 4) is 0 Å². The van der Waals surface area contributed by atoms with E-state index in [0.717, 1.165) is 4.90 Å². The number of hydrogen-bond donors (Lipinski definition) is 1. The molecule has 1 aromatic rings. The number of anilines is 1. The predicted molar refractivity (Wildman–Crippen MR) is 62.0 cm³/mol. The maximum absolute atomic E-state index is 12.9. The molecule has 1 N–H and O–H groups in total. The highest BCUT2D eigenvalue weighted by Gasteiger charge is 2.40. The normalized spacial score (nSPS) is 19.7. The molecule has 102 valence electrons. The number of carboxylic acids is 1. The summed E-state index contributed by atoms with van der Waals surface area (Å²) in [6.45, 7) is -0.413. The Morgan fingerprint density at radius 3 is 2.74 bits per heavy atom. The summed E-state index contributed by atoms with van der Waals surface area (Å²) < 4.78 is 34.5. The molecule has 0 aliphatic carbocycles. The number of nitrogens with zero attached hydrogens (tertiary/aromatic N) is 2. The van der Waals surface area contributed by atoms with Crippen molar-refractivity contribution in [1.82, 2.24) is 4.98 Å². The molecule has 1 aliphatic rings. The van der Waals surface area contributed by atoms with Crippen molar-refractivity contribution in [1.29, 1.82) is 0 Å². The average molecular weight is 288 g/mol. The van der Waals surface area contributed by atoms with Gasteiger partial charge in [0.1, 0.15) is 5.25 Å². The minimum atomic E-state index is -4.84. The number of carbonyl (C=O) groups excluding carboxylic acids is 1. The Kier molecular flexibility index (Phi) is 3.23. The molecule has 0 bridgehead atoms. The predicted octanol–water partition coefficient (Wildman–Crippen LogP) is 0.184. The van der Waals surface area contributed by atoms with E-state index >= 15 is 0 Å². The smallest absolute Gasteiger partial charge is 0.356 e. The minimum absolute atomic E-state index is 0.0360. The zero-order chi connectivity index (χ0) is 14.2. The highest BCUT2D eigenvalue weighted by Crippen LogP contribution is 2.27. The molecule has 1 amide bonds. The Morgan fingerprint density at radius 1 is 1.53 bits per heavy atom. The van der Waals surface area contributed by atoms with Crippen molar-refractivity contribution in [3.05, 3.63) is 24.0 Å². The van der Waals surface area contributed by atoms with E-state index in [-0.39, 0.29) is 11.4 Å². The second kappa shape index (κ2) is 4.57. The Morgan fingerprint density at radius 2 is 2.21 bits per heavy atom. The van der Waals surface area contributed by atoms with Gasteiger partial charge in [0.15, 0.2) is 5.69 Å². The number of rotatable bonds is 3. The zero-order valence-electron chi connectivity index (χ0n) is 9.48. The minimum Gasteiger partial charge on any atom is -0.476 e. The van der Waals surface area contributed by atoms with Crippen molar-refractivity contribution >= 4 is 27.8 Å². The van der Waals surface area contributed by atoms with Gasteiger partial charge in [-0.05, 0) is 12.1 Å². The number of aromatic carboxylic acids is 1. The lowest BCUT2D eigenvalue weighted by molar-refractivity contribution is -0.117. The number of carboxylic acid groups (broad SMARTS) is 1. The first-order chi connectivity index (χ1) is 8.80. The Balaban J connectivity index is 2.39. The summed E-state index contributed by atoms with van der Waals surface area (Å²) in [5.74, 6) is -2.00. The molecule has 2 rings (SSSR count). The molecule has 1 unspecified atom stereocenters. The standard InChI is InChI=1S/C10H9FN2O5S/c11-19(17,18)6-4-8(14)13(5-6)7-2-1-3-12-9(7)10(15)16/h1-3,6H,4-5H2,(H,15,16). The molecule has 0 spiro atoms. The van der Waals surface area contributed by atoms with Gasteiger partial charge in [-0.3, -0.25) is 4.79 Å². The number of amides is 1. The molecule has 1 atom stereocenters. The highest BCUT2D eigenvalue weighted by molar-refractivity contribution is 7.87. The average Bonchev–Trinajstić information content (AvgIpc) is 2.71. The highest BCUT2D eigenvalue weighted by atomic mass is 32.3. The largest absolute Gasteiger partial charge is 0.476 e. The summed E-state index contributed by atoms with van der Waals surface area (Å²) in [6.07, 6.45) is 0.726. The van der Waals surface area contributed by atoms with Gasteiger partial charge in [-0.1, -0.05) is 0 Å². The van der Waals surface area contributed by atoms with Crippen molar-refractivity contribution < 1.29 is 27.0 Å². The summed E-state index contributed by atoms with van der Waals surface area (Å²) >= 11 is 0. The quantitative estimate of drug-likeness (QED) is 0.796. The van der Waals surface area contributed by atoms with Gasteiger partial charge in [0.2, 0.25) is 5.91 Å². The fourth-order valence-corrected chi connectivity index (χ4v) is 2.54. The molecular weight excluding hydrogens is 279 g/mol. The Hall–Kier alpha value is -2.03. The lowest BCUT2D eigenvalue weighted by Gasteiger charge is -2.17. The lowest BCUT2D eigenvalue weighted by Crippen LogP contribution is -2.28. The molecular formula is C10H9FN2O5S. The molecule has 1 saturated heterocycles. The summed E-state index contributed by atoms with van der Waals surface area (Å²) in [5, 5.41) is 7.47. The van der Waals surface area contributed by atoms with Crippen LogP contribution < -0.4 is 4.90 Å².